The van der Waals surface area contributed by atoms with Crippen LogP contribution in [0.25, 0.3) is 0 Å². The second kappa shape index (κ2) is 9.92. The summed E-state index contributed by atoms with van der Waals surface area (Å²) in [6, 6.07) is 9.01. The van der Waals surface area contributed by atoms with E-state index in [0.29, 0.717) is 6.04 Å². The van der Waals surface area contributed by atoms with Gasteiger partial charge in [0.25, 0.3) is 0 Å². The molecular formula is C17H30N2O. The highest BCUT2D eigenvalue weighted by atomic mass is 16.3. The molecule has 0 saturated carbocycles. The molecule has 0 heterocycles. The minimum atomic E-state index is 0.246. The lowest BCUT2D eigenvalue weighted by molar-refractivity contribution is 0.189. The number of benzene rings is 1. The molecule has 0 spiro atoms. The second-order valence-corrected chi connectivity index (χ2v) is 5.32. The summed E-state index contributed by atoms with van der Waals surface area (Å²) in [5, 5.41) is 12.7. The fraction of sp³-hybridized carbons (Fsp3) is 0.647. The lowest BCUT2D eigenvalue weighted by Crippen LogP contribution is -2.32. The number of nitrogens with zero attached hydrogens (tertiary/aromatic N) is 1. The van der Waals surface area contributed by atoms with Gasteiger partial charge in [-0.3, -0.25) is 0 Å². The largest absolute Gasteiger partial charge is 0.395 e. The van der Waals surface area contributed by atoms with Crippen LogP contribution in [0.15, 0.2) is 24.3 Å². The second-order valence-electron chi connectivity index (χ2n) is 5.32. The number of hydrogen-bond donors (Lipinski definition) is 2. The fourth-order valence-electron chi connectivity index (χ4n) is 2.70. The number of hydrogen-bond acceptors (Lipinski definition) is 3. The monoisotopic (exact) mass is 278 g/mol. The molecule has 0 aliphatic heterocycles. The Morgan fingerprint density at radius 3 is 2.50 bits per heavy atom. The maximum Gasteiger partial charge on any atom is 0.0558 e. The van der Waals surface area contributed by atoms with Crippen LogP contribution in [-0.2, 0) is 0 Å². The Labute approximate surface area is 124 Å². The van der Waals surface area contributed by atoms with Gasteiger partial charge in [0.15, 0.2) is 0 Å². The lowest BCUT2D eigenvalue weighted by Gasteiger charge is -2.25. The molecule has 0 saturated heterocycles. The van der Waals surface area contributed by atoms with E-state index in [-0.39, 0.29) is 6.61 Å². The van der Waals surface area contributed by atoms with E-state index in [1.807, 2.05) is 0 Å². The van der Waals surface area contributed by atoms with E-state index in [4.69, 9.17) is 5.11 Å². The number of aliphatic hydroxyl groups excluding tert-OH is 1. The number of nitrogens with one attached hydrogen (secondary N) is 1. The van der Waals surface area contributed by atoms with Gasteiger partial charge in [-0.15, -0.1) is 0 Å². The zero-order valence-corrected chi connectivity index (χ0v) is 13.2. The fourth-order valence-corrected chi connectivity index (χ4v) is 2.70. The first-order chi connectivity index (χ1) is 9.72. The SMILES string of the molecule is CCCN(CCO)CCC(NCC)c1ccccc1C. The van der Waals surface area contributed by atoms with Crippen molar-refractivity contribution >= 4 is 0 Å². The van der Waals surface area contributed by atoms with Crippen molar-refractivity contribution in [3.63, 3.8) is 0 Å². The van der Waals surface area contributed by atoms with Gasteiger partial charge in [-0.05, 0) is 44.0 Å². The molecule has 20 heavy (non-hydrogen) atoms. The van der Waals surface area contributed by atoms with Gasteiger partial charge in [0.1, 0.15) is 0 Å². The van der Waals surface area contributed by atoms with Gasteiger partial charge in [-0.1, -0.05) is 38.1 Å². The summed E-state index contributed by atoms with van der Waals surface area (Å²) < 4.78 is 0. The molecule has 0 radical (unpaired) electrons. The summed E-state index contributed by atoms with van der Waals surface area (Å²) in [6.07, 6.45) is 2.22. The highest BCUT2D eigenvalue weighted by molar-refractivity contribution is 5.28. The third-order valence-electron chi connectivity index (χ3n) is 3.70. The van der Waals surface area contributed by atoms with Crippen molar-refractivity contribution < 1.29 is 5.11 Å². The molecule has 1 aromatic rings. The minimum Gasteiger partial charge on any atom is -0.395 e. The summed E-state index contributed by atoms with van der Waals surface area (Å²) in [5.41, 5.74) is 2.75. The number of rotatable bonds is 10. The molecule has 1 unspecified atom stereocenters. The van der Waals surface area contributed by atoms with Crippen LogP contribution in [0.1, 0.15) is 43.9 Å². The molecule has 2 N–H and O–H groups in total. The van der Waals surface area contributed by atoms with E-state index in [2.05, 4.69) is 55.3 Å². The van der Waals surface area contributed by atoms with Crippen molar-refractivity contribution in [2.75, 3.05) is 32.8 Å². The summed E-state index contributed by atoms with van der Waals surface area (Å²) in [5.74, 6) is 0. The van der Waals surface area contributed by atoms with Gasteiger partial charge in [-0.25, -0.2) is 0 Å². The normalized spacial score (nSPS) is 12.8. The quantitative estimate of drug-likeness (QED) is 0.691. The Balaban J connectivity index is 2.65. The highest BCUT2D eigenvalue weighted by Gasteiger charge is 2.14. The molecule has 1 aromatic carbocycles. The maximum absolute atomic E-state index is 9.14. The zero-order valence-electron chi connectivity index (χ0n) is 13.2. The van der Waals surface area contributed by atoms with Gasteiger partial charge >= 0.3 is 0 Å². The lowest BCUT2D eigenvalue weighted by atomic mass is 9.98. The van der Waals surface area contributed by atoms with E-state index < -0.39 is 0 Å². The molecular weight excluding hydrogens is 248 g/mol. The summed E-state index contributed by atoms with van der Waals surface area (Å²) in [4.78, 5) is 2.35. The summed E-state index contributed by atoms with van der Waals surface area (Å²) in [7, 11) is 0. The van der Waals surface area contributed by atoms with E-state index in [1.54, 1.807) is 0 Å². The third-order valence-corrected chi connectivity index (χ3v) is 3.70. The molecule has 3 nitrogen and oxygen atoms in total. The first kappa shape index (κ1) is 17.2. The van der Waals surface area contributed by atoms with E-state index >= 15 is 0 Å². The van der Waals surface area contributed by atoms with E-state index in [0.717, 1.165) is 39.0 Å². The Morgan fingerprint density at radius 2 is 1.90 bits per heavy atom. The standard InChI is InChI=1S/C17H30N2O/c1-4-11-19(13-14-20)12-10-17(18-5-2)16-9-7-6-8-15(16)3/h6-9,17-18,20H,4-5,10-14H2,1-3H3. The van der Waals surface area contributed by atoms with Crippen LogP contribution >= 0.6 is 0 Å². The predicted octanol–water partition coefficient (Wildman–Crippen LogP) is 2.74. The van der Waals surface area contributed by atoms with Crippen LogP contribution in [0.2, 0.25) is 0 Å². The first-order valence-corrected chi connectivity index (χ1v) is 7.85. The number of aryl methyl sites for hydroxylation is 1. The molecule has 3 heteroatoms. The van der Waals surface area contributed by atoms with E-state index in [1.165, 1.54) is 11.1 Å². The summed E-state index contributed by atoms with van der Waals surface area (Å²) in [6.45, 7) is 10.6. The predicted molar refractivity (Wildman–Crippen MR) is 86.0 cm³/mol. The Kier molecular flexibility index (Phi) is 8.51. The molecule has 0 fully saturated rings. The molecule has 0 aliphatic rings. The smallest absolute Gasteiger partial charge is 0.0558 e. The summed E-state index contributed by atoms with van der Waals surface area (Å²) >= 11 is 0. The van der Waals surface area contributed by atoms with Crippen LogP contribution < -0.4 is 5.32 Å². The van der Waals surface area contributed by atoms with Crippen LogP contribution in [0.5, 0.6) is 0 Å². The zero-order chi connectivity index (χ0) is 14.8. The van der Waals surface area contributed by atoms with Gasteiger partial charge in [0, 0.05) is 19.1 Å². The topological polar surface area (TPSA) is 35.5 Å². The van der Waals surface area contributed by atoms with Crippen molar-refractivity contribution in [1.29, 1.82) is 0 Å². The maximum atomic E-state index is 9.14. The average Bonchev–Trinajstić information content (AvgIpc) is 2.44. The number of aliphatic hydroxyl groups is 1. The molecule has 0 aromatic heterocycles. The van der Waals surface area contributed by atoms with Crippen molar-refractivity contribution in [3.05, 3.63) is 35.4 Å². The highest BCUT2D eigenvalue weighted by Crippen LogP contribution is 2.20. The van der Waals surface area contributed by atoms with Gasteiger partial charge in [-0.2, -0.15) is 0 Å². The molecule has 1 atom stereocenters. The Morgan fingerprint density at radius 1 is 1.15 bits per heavy atom. The molecule has 0 amide bonds. The van der Waals surface area contributed by atoms with Crippen LogP contribution in [0.3, 0.4) is 0 Å². The van der Waals surface area contributed by atoms with Crippen molar-refractivity contribution in [2.24, 2.45) is 0 Å². The van der Waals surface area contributed by atoms with Crippen molar-refractivity contribution in [2.45, 2.75) is 39.7 Å². The van der Waals surface area contributed by atoms with Crippen molar-refractivity contribution in [3.8, 4) is 0 Å². The Hall–Kier alpha value is -0.900. The van der Waals surface area contributed by atoms with Crippen LogP contribution in [0.4, 0.5) is 0 Å². The van der Waals surface area contributed by atoms with Gasteiger partial charge in [0.2, 0.25) is 0 Å². The van der Waals surface area contributed by atoms with Gasteiger partial charge < -0.3 is 15.3 Å². The average molecular weight is 278 g/mol. The Bertz CT molecular complexity index is 362. The third kappa shape index (κ3) is 5.61. The molecule has 1 rings (SSSR count). The first-order valence-electron chi connectivity index (χ1n) is 7.85. The van der Waals surface area contributed by atoms with Crippen molar-refractivity contribution in [1.82, 2.24) is 10.2 Å². The minimum absolute atomic E-state index is 0.246. The van der Waals surface area contributed by atoms with Gasteiger partial charge in [0.05, 0.1) is 6.61 Å². The van der Waals surface area contributed by atoms with Crippen LogP contribution in [-0.4, -0.2) is 42.8 Å². The molecule has 0 bridgehead atoms. The van der Waals surface area contributed by atoms with E-state index in [9.17, 15) is 0 Å². The molecule has 0 aliphatic carbocycles. The molecule has 114 valence electrons. The van der Waals surface area contributed by atoms with Crippen LogP contribution in [0, 0.1) is 6.92 Å².